The number of benzene rings is 1. The Bertz CT molecular complexity index is 812. The highest BCUT2D eigenvalue weighted by atomic mass is 35.5. The zero-order valence-electron chi connectivity index (χ0n) is 15.1. The summed E-state index contributed by atoms with van der Waals surface area (Å²) in [7, 11) is 0. The minimum Gasteiger partial charge on any atom is -0.368 e. The molecule has 0 bridgehead atoms. The molecule has 0 N–H and O–H groups in total. The van der Waals surface area contributed by atoms with E-state index in [1.54, 1.807) is 0 Å². The maximum Gasteiger partial charge on any atom is 0.251 e. The van der Waals surface area contributed by atoms with Crippen LogP contribution in [0.3, 0.4) is 0 Å². The molecule has 0 radical (unpaired) electrons. The molecule has 1 amide bonds. The maximum absolute atomic E-state index is 12.4. The molecule has 0 aliphatic carbocycles. The summed E-state index contributed by atoms with van der Waals surface area (Å²) < 4.78 is 5.52. The summed E-state index contributed by atoms with van der Waals surface area (Å²) in [6.07, 6.45) is 1.63. The Morgan fingerprint density at radius 1 is 1.27 bits per heavy atom. The summed E-state index contributed by atoms with van der Waals surface area (Å²) in [6.45, 7) is 6.72. The number of rotatable bonds is 3. The number of halogens is 1. The first-order valence-corrected chi connectivity index (χ1v) is 9.66. The van der Waals surface area contributed by atoms with Crippen LogP contribution in [0.15, 0.2) is 24.3 Å². The molecule has 0 unspecified atom stereocenters. The number of pyridine rings is 1. The molecule has 4 rings (SSSR count). The van der Waals surface area contributed by atoms with E-state index in [0.29, 0.717) is 11.8 Å². The highest BCUT2D eigenvalue weighted by molar-refractivity contribution is 6.30. The van der Waals surface area contributed by atoms with E-state index in [1.807, 2.05) is 4.90 Å². The molecule has 138 valence electrons. The summed E-state index contributed by atoms with van der Waals surface area (Å²) in [6, 6.07) is 8.38. The van der Waals surface area contributed by atoms with Crippen molar-refractivity contribution in [2.45, 2.75) is 32.4 Å². The Labute approximate surface area is 158 Å². The normalized spacial score (nSPS) is 21.5. The van der Waals surface area contributed by atoms with Gasteiger partial charge in [-0.2, -0.15) is 0 Å². The van der Waals surface area contributed by atoms with Crippen LogP contribution in [-0.4, -0.2) is 59.6 Å². The number of piperazine rings is 1. The number of hydrogen-bond donors (Lipinski definition) is 0. The Hall–Kier alpha value is -1.69. The molecule has 2 saturated heterocycles. The lowest BCUT2D eigenvalue weighted by Crippen LogP contribution is -2.51. The summed E-state index contributed by atoms with van der Waals surface area (Å²) in [4.78, 5) is 21.3. The van der Waals surface area contributed by atoms with Crippen molar-refractivity contribution in [3.8, 4) is 0 Å². The van der Waals surface area contributed by atoms with Gasteiger partial charge < -0.3 is 9.64 Å². The second-order valence-corrected chi connectivity index (χ2v) is 7.60. The number of aryl methyl sites for hydroxylation is 1. The Morgan fingerprint density at radius 3 is 2.81 bits per heavy atom. The zero-order valence-corrected chi connectivity index (χ0v) is 15.8. The molecule has 2 aliphatic heterocycles. The number of fused-ring (bicyclic) bond motifs is 1. The number of carbonyl (C=O) groups is 1. The fraction of sp³-hybridized carbons (Fsp3) is 0.500. The van der Waals surface area contributed by atoms with Crippen LogP contribution in [0.4, 0.5) is 0 Å². The standard InChI is InChI=1S/C20H24ClN3O2/c1-14-4-5-15-12-16(19(21)22-17(15)11-14)13-23-6-8-24(9-7-23)20(25)18-3-2-10-26-18/h4-5,11-12,18H,2-3,6-10,13H2,1H3/t18-/m1/s1. The molecule has 1 aromatic carbocycles. The van der Waals surface area contributed by atoms with Crippen molar-refractivity contribution in [3.63, 3.8) is 0 Å². The van der Waals surface area contributed by atoms with E-state index in [2.05, 4.69) is 41.1 Å². The van der Waals surface area contributed by atoms with Crippen molar-refractivity contribution in [2.24, 2.45) is 0 Å². The molecular weight excluding hydrogens is 350 g/mol. The van der Waals surface area contributed by atoms with Gasteiger partial charge in [-0.05, 0) is 37.5 Å². The molecule has 2 aromatic rings. The number of amides is 1. The molecule has 5 nitrogen and oxygen atoms in total. The molecule has 1 atom stereocenters. The predicted molar refractivity (Wildman–Crippen MR) is 102 cm³/mol. The lowest BCUT2D eigenvalue weighted by molar-refractivity contribution is -0.142. The van der Waals surface area contributed by atoms with Crippen LogP contribution < -0.4 is 0 Å². The molecular formula is C20H24ClN3O2. The number of aromatic nitrogens is 1. The molecule has 1 aromatic heterocycles. The number of ether oxygens (including phenoxy) is 1. The second kappa shape index (κ2) is 7.51. The van der Waals surface area contributed by atoms with Crippen LogP contribution in [0, 0.1) is 6.92 Å². The highest BCUT2D eigenvalue weighted by Gasteiger charge is 2.30. The highest BCUT2D eigenvalue weighted by Crippen LogP contribution is 2.23. The van der Waals surface area contributed by atoms with E-state index in [-0.39, 0.29) is 12.0 Å². The Kier molecular flexibility index (Phi) is 5.11. The molecule has 2 fully saturated rings. The molecule has 2 aliphatic rings. The quantitative estimate of drug-likeness (QED) is 0.776. The van der Waals surface area contributed by atoms with E-state index >= 15 is 0 Å². The minimum absolute atomic E-state index is 0.155. The predicted octanol–water partition coefficient (Wildman–Crippen LogP) is 3.02. The fourth-order valence-electron chi connectivity index (χ4n) is 3.75. The van der Waals surface area contributed by atoms with Gasteiger partial charge in [0.15, 0.2) is 0 Å². The van der Waals surface area contributed by atoms with Crippen LogP contribution in [0.25, 0.3) is 10.9 Å². The lowest BCUT2D eigenvalue weighted by atomic mass is 10.1. The van der Waals surface area contributed by atoms with E-state index in [1.165, 1.54) is 5.56 Å². The van der Waals surface area contributed by atoms with Gasteiger partial charge in [0, 0.05) is 50.3 Å². The topological polar surface area (TPSA) is 45.7 Å². The van der Waals surface area contributed by atoms with Crippen molar-refractivity contribution < 1.29 is 9.53 Å². The number of carbonyl (C=O) groups excluding carboxylic acids is 1. The molecule has 0 spiro atoms. The van der Waals surface area contributed by atoms with E-state index < -0.39 is 0 Å². The van der Waals surface area contributed by atoms with Gasteiger partial charge in [-0.25, -0.2) is 4.98 Å². The van der Waals surface area contributed by atoms with Gasteiger partial charge in [0.1, 0.15) is 11.3 Å². The number of hydrogen-bond acceptors (Lipinski definition) is 4. The van der Waals surface area contributed by atoms with Gasteiger partial charge in [-0.15, -0.1) is 0 Å². The summed E-state index contributed by atoms with van der Waals surface area (Å²) in [5, 5.41) is 1.68. The van der Waals surface area contributed by atoms with Crippen LogP contribution in [0.5, 0.6) is 0 Å². The van der Waals surface area contributed by atoms with E-state index in [4.69, 9.17) is 16.3 Å². The summed E-state index contributed by atoms with van der Waals surface area (Å²) >= 11 is 6.42. The van der Waals surface area contributed by atoms with Crippen LogP contribution in [-0.2, 0) is 16.1 Å². The minimum atomic E-state index is -0.218. The first kappa shape index (κ1) is 17.7. The third kappa shape index (κ3) is 3.70. The lowest BCUT2D eigenvalue weighted by Gasteiger charge is -2.35. The smallest absolute Gasteiger partial charge is 0.251 e. The van der Waals surface area contributed by atoms with Crippen molar-refractivity contribution in [3.05, 3.63) is 40.5 Å². The second-order valence-electron chi connectivity index (χ2n) is 7.24. The molecule has 3 heterocycles. The van der Waals surface area contributed by atoms with Crippen molar-refractivity contribution in [1.82, 2.24) is 14.8 Å². The maximum atomic E-state index is 12.4. The van der Waals surface area contributed by atoms with Gasteiger partial charge >= 0.3 is 0 Å². The largest absolute Gasteiger partial charge is 0.368 e. The van der Waals surface area contributed by atoms with Gasteiger partial charge in [-0.3, -0.25) is 9.69 Å². The molecule has 26 heavy (non-hydrogen) atoms. The first-order chi connectivity index (χ1) is 12.6. The Morgan fingerprint density at radius 2 is 2.08 bits per heavy atom. The average Bonchev–Trinajstić information content (AvgIpc) is 3.17. The fourth-order valence-corrected chi connectivity index (χ4v) is 3.96. The van der Waals surface area contributed by atoms with Crippen LogP contribution in [0.1, 0.15) is 24.0 Å². The first-order valence-electron chi connectivity index (χ1n) is 9.29. The SMILES string of the molecule is Cc1ccc2cc(CN3CCN(C(=O)[C@H]4CCCO4)CC3)c(Cl)nc2c1. The van der Waals surface area contributed by atoms with Crippen molar-refractivity contribution >= 4 is 28.4 Å². The monoisotopic (exact) mass is 373 g/mol. The third-order valence-corrected chi connectivity index (χ3v) is 5.61. The van der Waals surface area contributed by atoms with E-state index in [0.717, 1.165) is 62.0 Å². The van der Waals surface area contributed by atoms with Gasteiger partial charge in [0.05, 0.1) is 5.52 Å². The number of nitrogens with zero attached hydrogens (tertiary/aromatic N) is 3. The van der Waals surface area contributed by atoms with Crippen molar-refractivity contribution in [1.29, 1.82) is 0 Å². The van der Waals surface area contributed by atoms with Crippen LogP contribution in [0.2, 0.25) is 5.15 Å². The molecule has 0 saturated carbocycles. The summed E-state index contributed by atoms with van der Waals surface area (Å²) in [5.74, 6) is 0.155. The summed E-state index contributed by atoms with van der Waals surface area (Å²) in [5.41, 5.74) is 3.16. The van der Waals surface area contributed by atoms with E-state index in [9.17, 15) is 4.79 Å². The Balaban J connectivity index is 1.39. The zero-order chi connectivity index (χ0) is 18.1. The third-order valence-electron chi connectivity index (χ3n) is 5.28. The van der Waals surface area contributed by atoms with Gasteiger partial charge in [0.25, 0.3) is 5.91 Å². The van der Waals surface area contributed by atoms with Crippen LogP contribution >= 0.6 is 11.6 Å². The van der Waals surface area contributed by atoms with Crippen molar-refractivity contribution in [2.75, 3.05) is 32.8 Å². The van der Waals surface area contributed by atoms with Gasteiger partial charge in [0.2, 0.25) is 0 Å². The van der Waals surface area contributed by atoms with Gasteiger partial charge in [-0.1, -0.05) is 23.7 Å². The average molecular weight is 374 g/mol. The molecule has 6 heteroatoms.